The quantitative estimate of drug-likeness (QED) is 0.895. The summed E-state index contributed by atoms with van der Waals surface area (Å²) in [6.45, 7) is 1.58. The van der Waals surface area contributed by atoms with E-state index < -0.39 is 5.54 Å². The molecule has 0 atom stereocenters. The topological polar surface area (TPSA) is 64.2 Å². The Kier molecular flexibility index (Phi) is 2.94. The van der Waals surface area contributed by atoms with E-state index >= 15 is 0 Å². The Balaban J connectivity index is 1.59. The third-order valence-corrected chi connectivity index (χ3v) is 4.32. The summed E-state index contributed by atoms with van der Waals surface area (Å²) in [6, 6.07) is 0.397. The van der Waals surface area contributed by atoms with Crippen molar-refractivity contribution in [2.75, 3.05) is 13.1 Å². The van der Waals surface area contributed by atoms with Crippen LogP contribution in [0, 0.1) is 0 Å². The summed E-state index contributed by atoms with van der Waals surface area (Å²) in [5.41, 5.74) is 5.43. The van der Waals surface area contributed by atoms with E-state index in [1.165, 1.54) is 0 Å². The van der Waals surface area contributed by atoms with Gasteiger partial charge in [-0.05, 0) is 41.6 Å². The first-order valence-corrected chi connectivity index (χ1v) is 7.16. The normalized spacial score (nSPS) is 23.1. The molecule has 1 saturated carbocycles. The largest absolute Gasteiger partial charge is 0.341 e. The van der Waals surface area contributed by atoms with Gasteiger partial charge in [0.1, 0.15) is 0 Å². The molecule has 1 saturated heterocycles. The van der Waals surface area contributed by atoms with Crippen LogP contribution in [0.25, 0.3) is 0 Å². The summed E-state index contributed by atoms with van der Waals surface area (Å²) < 4.78 is 2.99. The smallest absolute Gasteiger partial charge is 0.242 e. The zero-order chi connectivity index (χ0) is 12.8. The SMILES string of the molecule is NC1(C(=O)N2CCC(n3cc(Br)cn3)CC2)CC1. The lowest BCUT2D eigenvalue weighted by atomic mass is 10.0. The number of nitrogens with zero attached hydrogens (tertiary/aromatic N) is 3. The molecule has 0 bridgehead atoms. The average molecular weight is 313 g/mol. The summed E-state index contributed by atoms with van der Waals surface area (Å²) in [5.74, 6) is 0.141. The predicted molar refractivity (Wildman–Crippen MR) is 70.9 cm³/mol. The van der Waals surface area contributed by atoms with Crippen molar-refractivity contribution in [3.8, 4) is 0 Å². The molecule has 2 fully saturated rings. The number of piperidine rings is 1. The molecular formula is C12H17BrN4O. The maximum Gasteiger partial charge on any atom is 0.242 e. The second kappa shape index (κ2) is 4.35. The van der Waals surface area contributed by atoms with Crippen molar-refractivity contribution in [1.29, 1.82) is 0 Å². The molecule has 2 heterocycles. The molecule has 98 valence electrons. The van der Waals surface area contributed by atoms with E-state index in [9.17, 15) is 4.79 Å². The Morgan fingerprint density at radius 3 is 2.61 bits per heavy atom. The van der Waals surface area contributed by atoms with Crippen molar-refractivity contribution in [2.45, 2.75) is 37.3 Å². The molecule has 5 nitrogen and oxygen atoms in total. The highest BCUT2D eigenvalue weighted by molar-refractivity contribution is 9.10. The van der Waals surface area contributed by atoms with Crippen LogP contribution in [0.5, 0.6) is 0 Å². The van der Waals surface area contributed by atoms with Crippen molar-refractivity contribution in [3.63, 3.8) is 0 Å². The number of nitrogens with two attached hydrogens (primary N) is 1. The monoisotopic (exact) mass is 312 g/mol. The molecule has 1 aromatic rings. The highest BCUT2D eigenvalue weighted by Crippen LogP contribution is 2.35. The minimum atomic E-state index is -0.526. The molecule has 18 heavy (non-hydrogen) atoms. The summed E-state index contributed by atoms with van der Waals surface area (Å²) in [7, 11) is 0. The highest BCUT2D eigenvalue weighted by Gasteiger charge is 2.48. The molecule has 0 unspecified atom stereocenters. The molecule has 1 aliphatic heterocycles. The first-order chi connectivity index (χ1) is 8.58. The highest BCUT2D eigenvalue weighted by atomic mass is 79.9. The second-order valence-electron chi connectivity index (χ2n) is 5.32. The van der Waals surface area contributed by atoms with Crippen LogP contribution in [0.15, 0.2) is 16.9 Å². The molecule has 0 aromatic carbocycles. The predicted octanol–water partition coefficient (Wildman–Crippen LogP) is 1.30. The van der Waals surface area contributed by atoms with E-state index in [1.807, 2.05) is 15.8 Å². The first kappa shape index (κ1) is 12.2. The van der Waals surface area contributed by atoms with E-state index in [1.54, 1.807) is 6.20 Å². The fourth-order valence-corrected chi connectivity index (χ4v) is 2.81. The number of hydrogen-bond acceptors (Lipinski definition) is 3. The van der Waals surface area contributed by atoms with Gasteiger partial charge in [0.15, 0.2) is 0 Å². The molecule has 0 spiro atoms. The Morgan fingerprint density at radius 2 is 2.11 bits per heavy atom. The van der Waals surface area contributed by atoms with Crippen LogP contribution in [0.3, 0.4) is 0 Å². The Hall–Kier alpha value is -0.880. The molecule has 2 aliphatic rings. The molecule has 3 rings (SSSR count). The van der Waals surface area contributed by atoms with E-state index in [2.05, 4.69) is 21.0 Å². The number of hydrogen-bond donors (Lipinski definition) is 1. The zero-order valence-corrected chi connectivity index (χ0v) is 11.8. The van der Waals surface area contributed by atoms with Crippen LogP contribution >= 0.6 is 15.9 Å². The van der Waals surface area contributed by atoms with Gasteiger partial charge in [-0.25, -0.2) is 0 Å². The van der Waals surface area contributed by atoms with Gasteiger partial charge in [0, 0.05) is 19.3 Å². The van der Waals surface area contributed by atoms with Crippen LogP contribution in [-0.2, 0) is 4.79 Å². The molecule has 2 N–H and O–H groups in total. The lowest BCUT2D eigenvalue weighted by Gasteiger charge is -2.33. The third-order valence-electron chi connectivity index (χ3n) is 3.91. The van der Waals surface area contributed by atoms with Gasteiger partial charge in [-0.3, -0.25) is 9.48 Å². The van der Waals surface area contributed by atoms with Gasteiger partial charge in [-0.2, -0.15) is 5.10 Å². The van der Waals surface area contributed by atoms with Gasteiger partial charge in [0.25, 0.3) is 0 Å². The summed E-state index contributed by atoms with van der Waals surface area (Å²) >= 11 is 3.40. The molecule has 0 radical (unpaired) electrons. The number of likely N-dealkylation sites (tertiary alicyclic amines) is 1. The number of aromatic nitrogens is 2. The fraction of sp³-hybridized carbons (Fsp3) is 0.667. The number of rotatable bonds is 2. The van der Waals surface area contributed by atoms with E-state index in [-0.39, 0.29) is 5.91 Å². The van der Waals surface area contributed by atoms with E-state index in [0.717, 1.165) is 43.2 Å². The summed E-state index contributed by atoms with van der Waals surface area (Å²) in [5, 5.41) is 4.31. The minimum Gasteiger partial charge on any atom is -0.341 e. The van der Waals surface area contributed by atoms with Crippen molar-refractivity contribution in [1.82, 2.24) is 14.7 Å². The number of amides is 1. The van der Waals surface area contributed by atoms with Gasteiger partial charge < -0.3 is 10.6 Å². The molecule has 1 aliphatic carbocycles. The lowest BCUT2D eigenvalue weighted by Crippen LogP contribution is -2.48. The third kappa shape index (κ3) is 2.19. The second-order valence-corrected chi connectivity index (χ2v) is 6.23. The molecular weight excluding hydrogens is 296 g/mol. The number of halogens is 1. The van der Waals surface area contributed by atoms with E-state index in [4.69, 9.17) is 5.73 Å². The van der Waals surface area contributed by atoms with E-state index in [0.29, 0.717) is 6.04 Å². The Morgan fingerprint density at radius 1 is 1.44 bits per heavy atom. The Labute approximate surface area is 114 Å². The van der Waals surface area contributed by atoms with Crippen LogP contribution in [0.4, 0.5) is 0 Å². The molecule has 6 heteroatoms. The maximum absolute atomic E-state index is 12.1. The van der Waals surface area contributed by atoms with Gasteiger partial charge in [0.05, 0.1) is 22.3 Å². The van der Waals surface area contributed by atoms with Gasteiger partial charge in [-0.1, -0.05) is 0 Å². The standard InChI is InChI=1S/C12H17BrN4O/c13-9-7-15-17(8-9)10-1-5-16(6-2-10)11(18)12(14)3-4-12/h7-8,10H,1-6,14H2. The van der Waals surface area contributed by atoms with Crippen molar-refractivity contribution in [3.05, 3.63) is 16.9 Å². The fourth-order valence-electron chi connectivity index (χ4n) is 2.51. The van der Waals surface area contributed by atoms with Crippen LogP contribution in [0.2, 0.25) is 0 Å². The first-order valence-electron chi connectivity index (χ1n) is 6.36. The van der Waals surface area contributed by atoms with Gasteiger partial charge in [-0.15, -0.1) is 0 Å². The molecule has 1 aromatic heterocycles. The average Bonchev–Trinajstić information content (AvgIpc) is 2.98. The van der Waals surface area contributed by atoms with Crippen molar-refractivity contribution >= 4 is 21.8 Å². The van der Waals surface area contributed by atoms with Gasteiger partial charge >= 0.3 is 0 Å². The van der Waals surface area contributed by atoms with Crippen LogP contribution < -0.4 is 5.73 Å². The lowest BCUT2D eigenvalue weighted by molar-refractivity contribution is -0.134. The van der Waals surface area contributed by atoms with Gasteiger partial charge in [0.2, 0.25) is 5.91 Å². The van der Waals surface area contributed by atoms with Crippen molar-refractivity contribution in [2.24, 2.45) is 5.73 Å². The zero-order valence-electron chi connectivity index (χ0n) is 10.2. The number of carbonyl (C=O) groups is 1. The van der Waals surface area contributed by atoms with Crippen LogP contribution in [-0.4, -0.2) is 39.2 Å². The molecule has 1 amide bonds. The Bertz CT molecular complexity index is 460. The summed E-state index contributed by atoms with van der Waals surface area (Å²) in [6.07, 6.45) is 7.39. The number of carbonyl (C=O) groups excluding carboxylic acids is 1. The summed E-state index contributed by atoms with van der Waals surface area (Å²) in [4.78, 5) is 14.0. The maximum atomic E-state index is 12.1. The van der Waals surface area contributed by atoms with Crippen LogP contribution in [0.1, 0.15) is 31.7 Å². The van der Waals surface area contributed by atoms with Crippen molar-refractivity contribution < 1.29 is 4.79 Å². The minimum absolute atomic E-state index is 0.141.